The molecular formula is C17H21N3O2. The summed E-state index contributed by atoms with van der Waals surface area (Å²) in [5.74, 6) is -0.557. The van der Waals surface area contributed by atoms with Gasteiger partial charge in [0, 0.05) is 31.0 Å². The van der Waals surface area contributed by atoms with Gasteiger partial charge in [0.1, 0.15) is 11.6 Å². The van der Waals surface area contributed by atoms with E-state index in [2.05, 4.69) is 12.2 Å². The van der Waals surface area contributed by atoms with Crippen LogP contribution in [-0.4, -0.2) is 30.2 Å². The molecule has 0 bridgehead atoms. The topological polar surface area (TPSA) is 73.2 Å². The summed E-state index contributed by atoms with van der Waals surface area (Å²) in [6, 6.07) is 8.55. The van der Waals surface area contributed by atoms with Crippen molar-refractivity contribution in [3.05, 3.63) is 41.6 Å². The number of carbonyl (C=O) groups excluding carboxylic acids is 2. The van der Waals surface area contributed by atoms with Crippen LogP contribution in [0.15, 0.2) is 36.0 Å². The molecule has 22 heavy (non-hydrogen) atoms. The number of benzene rings is 1. The quantitative estimate of drug-likeness (QED) is 0.477. The highest BCUT2D eigenvalue weighted by atomic mass is 16.1. The molecule has 0 saturated carbocycles. The number of anilines is 1. The molecule has 5 heteroatoms. The standard InChI is InChI=1S/C17H21N3O2/c1-4-5-9-20(3)12-15(11-18)17(22)19-16-8-6-7-14(10-16)13(2)21/h6-8,10,12H,4-5,9H2,1-3H3,(H,19,22)/b15-12-. The molecule has 0 saturated heterocycles. The number of carbonyl (C=O) groups is 2. The van der Waals surface area contributed by atoms with Crippen LogP contribution in [0.25, 0.3) is 0 Å². The summed E-state index contributed by atoms with van der Waals surface area (Å²) in [5, 5.41) is 11.8. The number of unbranched alkanes of at least 4 members (excludes halogenated alkanes) is 1. The van der Waals surface area contributed by atoms with E-state index in [9.17, 15) is 9.59 Å². The molecule has 0 aliphatic carbocycles. The maximum atomic E-state index is 12.1. The molecule has 1 amide bonds. The summed E-state index contributed by atoms with van der Waals surface area (Å²) >= 11 is 0. The SMILES string of the molecule is CCCCN(C)/C=C(/C#N)C(=O)Nc1cccc(C(C)=O)c1. The second-order valence-electron chi connectivity index (χ2n) is 5.08. The van der Waals surface area contributed by atoms with Gasteiger partial charge in [0.05, 0.1) is 0 Å². The van der Waals surface area contributed by atoms with Gasteiger partial charge >= 0.3 is 0 Å². The Bertz CT molecular complexity index is 615. The molecule has 0 aromatic heterocycles. The Morgan fingerprint density at radius 1 is 1.41 bits per heavy atom. The van der Waals surface area contributed by atoms with E-state index in [0.717, 1.165) is 19.4 Å². The van der Waals surface area contributed by atoms with Crippen molar-refractivity contribution < 1.29 is 9.59 Å². The second-order valence-corrected chi connectivity index (χ2v) is 5.08. The molecule has 0 heterocycles. The Balaban J connectivity index is 2.81. The first kappa shape index (κ1) is 17.4. The molecule has 116 valence electrons. The molecule has 0 aliphatic rings. The van der Waals surface area contributed by atoms with E-state index < -0.39 is 5.91 Å². The van der Waals surface area contributed by atoms with Gasteiger partial charge in [-0.2, -0.15) is 5.26 Å². The van der Waals surface area contributed by atoms with Crippen LogP contribution in [0.3, 0.4) is 0 Å². The summed E-state index contributed by atoms with van der Waals surface area (Å²) in [6.45, 7) is 4.33. The van der Waals surface area contributed by atoms with Crippen molar-refractivity contribution in [3.8, 4) is 6.07 Å². The Labute approximate surface area is 131 Å². The summed E-state index contributed by atoms with van der Waals surface area (Å²) < 4.78 is 0. The lowest BCUT2D eigenvalue weighted by molar-refractivity contribution is -0.112. The lowest BCUT2D eigenvalue weighted by Gasteiger charge is -2.14. The van der Waals surface area contributed by atoms with Gasteiger partial charge in [-0.1, -0.05) is 25.5 Å². The number of ketones is 1. The smallest absolute Gasteiger partial charge is 0.267 e. The minimum Gasteiger partial charge on any atom is -0.379 e. The number of amides is 1. The minimum atomic E-state index is -0.480. The molecule has 1 aromatic rings. The maximum Gasteiger partial charge on any atom is 0.267 e. The molecule has 0 atom stereocenters. The number of nitrogens with one attached hydrogen (secondary N) is 1. The summed E-state index contributed by atoms with van der Waals surface area (Å²) in [5.41, 5.74) is 1.04. The zero-order chi connectivity index (χ0) is 16.5. The highest BCUT2D eigenvalue weighted by molar-refractivity contribution is 6.07. The Kier molecular flexibility index (Phi) is 6.84. The first-order chi connectivity index (χ1) is 10.5. The van der Waals surface area contributed by atoms with E-state index in [1.165, 1.54) is 6.92 Å². The molecule has 1 N–H and O–H groups in total. The first-order valence-corrected chi connectivity index (χ1v) is 7.22. The Morgan fingerprint density at radius 3 is 2.73 bits per heavy atom. The predicted molar refractivity (Wildman–Crippen MR) is 86.3 cm³/mol. The number of hydrogen-bond donors (Lipinski definition) is 1. The van der Waals surface area contributed by atoms with E-state index in [-0.39, 0.29) is 11.4 Å². The Morgan fingerprint density at radius 2 is 2.14 bits per heavy atom. The van der Waals surface area contributed by atoms with Gasteiger partial charge in [-0.25, -0.2) is 0 Å². The third-order valence-electron chi connectivity index (χ3n) is 3.11. The first-order valence-electron chi connectivity index (χ1n) is 7.22. The number of hydrogen-bond acceptors (Lipinski definition) is 4. The van der Waals surface area contributed by atoms with Crippen LogP contribution in [0.4, 0.5) is 5.69 Å². The Hall–Kier alpha value is -2.61. The van der Waals surface area contributed by atoms with Crippen molar-refractivity contribution in [1.29, 1.82) is 5.26 Å². The van der Waals surface area contributed by atoms with Crippen molar-refractivity contribution in [2.45, 2.75) is 26.7 Å². The fraction of sp³-hybridized carbons (Fsp3) is 0.353. The van der Waals surface area contributed by atoms with Crippen LogP contribution in [0.5, 0.6) is 0 Å². The van der Waals surface area contributed by atoms with Gasteiger partial charge < -0.3 is 10.2 Å². The molecule has 0 radical (unpaired) electrons. The van der Waals surface area contributed by atoms with Gasteiger partial charge in [-0.3, -0.25) is 9.59 Å². The lowest BCUT2D eigenvalue weighted by atomic mass is 10.1. The molecule has 0 fully saturated rings. The van der Waals surface area contributed by atoms with Crippen molar-refractivity contribution in [2.24, 2.45) is 0 Å². The van der Waals surface area contributed by atoms with Crippen molar-refractivity contribution in [1.82, 2.24) is 4.90 Å². The highest BCUT2D eigenvalue weighted by Gasteiger charge is 2.11. The van der Waals surface area contributed by atoms with Crippen LogP contribution >= 0.6 is 0 Å². The summed E-state index contributed by atoms with van der Waals surface area (Å²) in [7, 11) is 1.83. The van der Waals surface area contributed by atoms with Crippen molar-refractivity contribution >= 4 is 17.4 Å². The van der Waals surface area contributed by atoms with Gasteiger partial charge in [-0.15, -0.1) is 0 Å². The lowest BCUT2D eigenvalue weighted by Crippen LogP contribution is -2.19. The maximum absolute atomic E-state index is 12.1. The van der Waals surface area contributed by atoms with Crippen molar-refractivity contribution in [3.63, 3.8) is 0 Å². The van der Waals surface area contributed by atoms with Gasteiger partial charge in [0.15, 0.2) is 5.78 Å². The zero-order valence-corrected chi connectivity index (χ0v) is 13.2. The average molecular weight is 299 g/mol. The minimum absolute atomic E-state index is 0.0341. The largest absolute Gasteiger partial charge is 0.379 e. The third kappa shape index (κ3) is 5.41. The van der Waals surface area contributed by atoms with E-state index in [1.54, 1.807) is 30.5 Å². The summed E-state index contributed by atoms with van der Waals surface area (Å²) in [6.07, 6.45) is 3.58. The molecular weight excluding hydrogens is 278 g/mol. The van der Waals surface area contributed by atoms with E-state index >= 15 is 0 Å². The van der Waals surface area contributed by atoms with E-state index in [4.69, 9.17) is 5.26 Å². The molecule has 5 nitrogen and oxygen atoms in total. The summed E-state index contributed by atoms with van der Waals surface area (Å²) in [4.78, 5) is 25.3. The average Bonchev–Trinajstić information content (AvgIpc) is 2.50. The molecule has 0 spiro atoms. The monoisotopic (exact) mass is 299 g/mol. The van der Waals surface area contributed by atoms with E-state index in [1.807, 2.05) is 18.0 Å². The normalized spacial score (nSPS) is 10.7. The van der Waals surface area contributed by atoms with Crippen LogP contribution in [-0.2, 0) is 4.79 Å². The van der Waals surface area contributed by atoms with Gasteiger partial charge in [0.25, 0.3) is 5.91 Å². The number of nitrogens with zero attached hydrogens (tertiary/aromatic N) is 2. The molecule has 1 aromatic carbocycles. The second kappa shape index (κ2) is 8.63. The number of rotatable bonds is 7. The molecule has 1 rings (SSSR count). The van der Waals surface area contributed by atoms with Gasteiger partial charge in [-0.05, 0) is 25.5 Å². The highest BCUT2D eigenvalue weighted by Crippen LogP contribution is 2.12. The third-order valence-corrected chi connectivity index (χ3v) is 3.11. The number of Topliss-reactive ketones (excluding diaryl/α,β-unsaturated/α-hetero) is 1. The van der Waals surface area contributed by atoms with Crippen LogP contribution in [0.2, 0.25) is 0 Å². The van der Waals surface area contributed by atoms with Gasteiger partial charge in [0.2, 0.25) is 0 Å². The zero-order valence-electron chi connectivity index (χ0n) is 13.2. The molecule has 0 aliphatic heterocycles. The molecule has 0 unspecified atom stereocenters. The van der Waals surface area contributed by atoms with Crippen LogP contribution < -0.4 is 5.32 Å². The van der Waals surface area contributed by atoms with Crippen molar-refractivity contribution in [2.75, 3.05) is 18.9 Å². The predicted octanol–water partition coefficient (Wildman–Crippen LogP) is 2.97. The van der Waals surface area contributed by atoms with Crippen LogP contribution in [0.1, 0.15) is 37.0 Å². The fourth-order valence-electron chi connectivity index (χ4n) is 1.85. The van der Waals surface area contributed by atoms with Crippen LogP contribution in [0, 0.1) is 11.3 Å². The number of nitriles is 1. The van der Waals surface area contributed by atoms with E-state index in [0.29, 0.717) is 11.3 Å². The fourth-order valence-corrected chi connectivity index (χ4v) is 1.85.